The summed E-state index contributed by atoms with van der Waals surface area (Å²) in [6, 6.07) is 10.5. The fourth-order valence-electron chi connectivity index (χ4n) is 1.62. The monoisotopic (exact) mass is 263 g/mol. The van der Waals surface area contributed by atoms with Crippen LogP contribution >= 0.6 is 24.8 Å². The standard InChI is InChI=1S/C11H17N3.2ClH/c1-2-4-11(5-3-1)10-13-14-8-6-12-7-9-14;;/h1-5,12-13H,6-10H2;2*1H. The highest BCUT2D eigenvalue weighted by Gasteiger charge is 2.07. The molecule has 0 spiro atoms. The number of rotatable bonds is 3. The average molecular weight is 264 g/mol. The molecule has 0 radical (unpaired) electrons. The molecule has 2 N–H and O–H groups in total. The summed E-state index contributed by atoms with van der Waals surface area (Å²) >= 11 is 0. The van der Waals surface area contributed by atoms with Gasteiger partial charge in [-0.2, -0.15) is 0 Å². The van der Waals surface area contributed by atoms with E-state index >= 15 is 0 Å². The molecule has 5 heteroatoms. The molecule has 0 atom stereocenters. The molecule has 1 aliphatic rings. The Morgan fingerprint density at radius 1 is 1.06 bits per heavy atom. The normalized spacial score (nSPS) is 16.0. The molecule has 92 valence electrons. The van der Waals surface area contributed by atoms with Gasteiger partial charge in [-0.15, -0.1) is 24.8 Å². The van der Waals surface area contributed by atoms with Gasteiger partial charge in [0, 0.05) is 32.7 Å². The molecular weight excluding hydrogens is 245 g/mol. The van der Waals surface area contributed by atoms with Crippen molar-refractivity contribution in [2.75, 3.05) is 26.2 Å². The van der Waals surface area contributed by atoms with Gasteiger partial charge < -0.3 is 5.32 Å². The first-order valence-corrected chi connectivity index (χ1v) is 5.18. The number of benzene rings is 1. The van der Waals surface area contributed by atoms with E-state index < -0.39 is 0 Å². The fourth-order valence-corrected chi connectivity index (χ4v) is 1.62. The van der Waals surface area contributed by atoms with E-state index in [-0.39, 0.29) is 24.8 Å². The summed E-state index contributed by atoms with van der Waals surface area (Å²) in [6.07, 6.45) is 0. The lowest BCUT2D eigenvalue weighted by Crippen LogP contribution is -2.49. The Balaban J connectivity index is 0.00000112. The van der Waals surface area contributed by atoms with Crippen molar-refractivity contribution in [3.8, 4) is 0 Å². The van der Waals surface area contributed by atoms with E-state index in [9.17, 15) is 0 Å². The largest absolute Gasteiger partial charge is 0.314 e. The maximum atomic E-state index is 3.43. The van der Waals surface area contributed by atoms with Crippen LogP contribution in [-0.2, 0) is 6.54 Å². The summed E-state index contributed by atoms with van der Waals surface area (Å²) < 4.78 is 0. The molecule has 1 aromatic carbocycles. The van der Waals surface area contributed by atoms with Crippen molar-refractivity contribution in [3.63, 3.8) is 0 Å². The SMILES string of the molecule is Cl.Cl.c1ccc(CNN2CCNCC2)cc1. The zero-order valence-electron chi connectivity index (χ0n) is 9.19. The second-order valence-electron chi connectivity index (χ2n) is 3.56. The van der Waals surface area contributed by atoms with Crippen LogP contribution in [0.2, 0.25) is 0 Å². The van der Waals surface area contributed by atoms with Crippen LogP contribution in [-0.4, -0.2) is 31.2 Å². The van der Waals surface area contributed by atoms with Crippen LogP contribution in [0.3, 0.4) is 0 Å². The van der Waals surface area contributed by atoms with Crippen LogP contribution < -0.4 is 10.7 Å². The van der Waals surface area contributed by atoms with Gasteiger partial charge in [0.2, 0.25) is 0 Å². The van der Waals surface area contributed by atoms with E-state index in [1.807, 2.05) is 6.07 Å². The third-order valence-corrected chi connectivity index (χ3v) is 2.47. The molecule has 1 saturated heterocycles. The molecule has 1 aliphatic heterocycles. The van der Waals surface area contributed by atoms with Gasteiger partial charge in [0.05, 0.1) is 0 Å². The Kier molecular flexibility index (Phi) is 8.61. The topological polar surface area (TPSA) is 27.3 Å². The number of hydrogen-bond donors (Lipinski definition) is 2. The quantitative estimate of drug-likeness (QED) is 0.865. The predicted octanol–water partition coefficient (Wildman–Crippen LogP) is 1.44. The summed E-state index contributed by atoms with van der Waals surface area (Å²) in [5.74, 6) is 0. The molecular formula is C11H19Cl2N3. The van der Waals surface area contributed by atoms with Crippen molar-refractivity contribution in [2.45, 2.75) is 6.54 Å². The van der Waals surface area contributed by atoms with Crippen LogP contribution in [0.15, 0.2) is 30.3 Å². The van der Waals surface area contributed by atoms with E-state index in [1.165, 1.54) is 5.56 Å². The van der Waals surface area contributed by atoms with E-state index in [0.717, 1.165) is 32.7 Å². The van der Waals surface area contributed by atoms with Gasteiger partial charge in [-0.25, -0.2) is 5.01 Å². The number of halogens is 2. The highest BCUT2D eigenvalue weighted by atomic mass is 35.5. The molecule has 0 amide bonds. The van der Waals surface area contributed by atoms with Gasteiger partial charge in [0.25, 0.3) is 0 Å². The molecule has 1 fully saturated rings. The van der Waals surface area contributed by atoms with Crippen molar-refractivity contribution in [1.82, 2.24) is 15.8 Å². The second-order valence-corrected chi connectivity index (χ2v) is 3.56. The van der Waals surface area contributed by atoms with E-state index in [4.69, 9.17) is 0 Å². The van der Waals surface area contributed by atoms with Crippen LogP contribution in [0.1, 0.15) is 5.56 Å². The molecule has 1 heterocycles. The van der Waals surface area contributed by atoms with E-state index in [0.29, 0.717) is 0 Å². The first-order chi connectivity index (χ1) is 6.95. The lowest BCUT2D eigenvalue weighted by Gasteiger charge is -2.27. The van der Waals surface area contributed by atoms with Crippen LogP contribution in [0, 0.1) is 0 Å². The Hall–Kier alpha value is -0.320. The Morgan fingerprint density at radius 2 is 1.69 bits per heavy atom. The Labute approximate surface area is 109 Å². The van der Waals surface area contributed by atoms with Crippen LogP contribution in [0.4, 0.5) is 0 Å². The summed E-state index contributed by atoms with van der Waals surface area (Å²) in [5.41, 5.74) is 4.77. The zero-order valence-corrected chi connectivity index (χ0v) is 10.8. The maximum Gasteiger partial charge on any atom is 0.0353 e. The third-order valence-electron chi connectivity index (χ3n) is 2.47. The number of nitrogens with one attached hydrogen (secondary N) is 2. The molecule has 0 bridgehead atoms. The molecule has 0 saturated carbocycles. The van der Waals surface area contributed by atoms with Crippen LogP contribution in [0.25, 0.3) is 0 Å². The van der Waals surface area contributed by atoms with Crippen molar-refractivity contribution in [2.24, 2.45) is 0 Å². The molecule has 0 aliphatic carbocycles. The molecule has 1 aromatic rings. The Bertz CT molecular complexity index is 263. The second kappa shape index (κ2) is 8.79. The molecule has 16 heavy (non-hydrogen) atoms. The van der Waals surface area contributed by atoms with Gasteiger partial charge in [-0.1, -0.05) is 30.3 Å². The third kappa shape index (κ3) is 5.14. The van der Waals surface area contributed by atoms with Gasteiger partial charge in [-0.3, -0.25) is 5.43 Å². The molecule has 0 unspecified atom stereocenters. The highest BCUT2D eigenvalue weighted by molar-refractivity contribution is 5.85. The van der Waals surface area contributed by atoms with Crippen molar-refractivity contribution in [1.29, 1.82) is 0 Å². The number of hydrogen-bond acceptors (Lipinski definition) is 3. The lowest BCUT2D eigenvalue weighted by atomic mass is 10.2. The highest BCUT2D eigenvalue weighted by Crippen LogP contribution is 1.98. The number of piperazine rings is 1. The number of nitrogens with zero attached hydrogens (tertiary/aromatic N) is 1. The molecule has 3 nitrogen and oxygen atoms in total. The minimum atomic E-state index is 0. The summed E-state index contributed by atoms with van der Waals surface area (Å²) in [6.45, 7) is 5.28. The molecule has 0 aromatic heterocycles. The number of hydrazine groups is 1. The summed E-state index contributed by atoms with van der Waals surface area (Å²) in [7, 11) is 0. The van der Waals surface area contributed by atoms with Gasteiger partial charge in [0.15, 0.2) is 0 Å². The van der Waals surface area contributed by atoms with Gasteiger partial charge in [-0.05, 0) is 5.56 Å². The summed E-state index contributed by atoms with van der Waals surface area (Å²) in [4.78, 5) is 0. The average Bonchev–Trinajstić information content (AvgIpc) is 2.29. The van der Waals surface area contributed by atoms with Gasteiger partial charge in [0.1, 0.15) is 0 Å². The van der Waals surface area contributed by atoms with Gasteiger partial charge >= 0.3 is 0 Å². The zero-order chi connectivity index (χ0) is 9.64. The minimum absolute atomic E-state index is 0. The minimum Gasteiger partial charge on any atom is -0.314 e. The molecule has 2 rings (SSSR count). The van der Waals surface area contributed by atoms with Crippen LogP contribution in [0.5, 0.6) is 0 Å². The van der Waals surface area contributed by atoms with Crippen molar-refractivity contribution >= 4 is 24.8 Å². The lowest BCUT2D eigenvalue weighted by molar-refractivity contribution is 0.161. The van der Waals surface area contributed by atoms with Crippen molar-refractivity contribution < 1.29 is 0 Å². The van der Waals surface area contributed by atoms with E-state index in [1.54, 1.807) is 0 Å². The smallest absolute Gasteiger partial charge is 0.0353 e. The first-order valence-electron chi connectivity index (χ1n) is 5.18. The Morgan fingerprint density at radius 3 is 2.31 bits per heavy atom. The first kappa shape index (κ1) is 15.7. The maximum absolute atomic E-state index is 3.43. The van der Waals surface area contributed by atoms with E-state index in [2.05, 4.69) is 40.0 Å². The summed E-state index contributed by atoms with van der Waals surface area (Å²) in [5, 5.41) is 5.61. The van der Waals surface area contributed by atoms with Crippen molar-refractivity contribution in [3.05, 3.63) is 35.9 Å². The fraction of sp³-hybridized carbons (Fsp3) is 0.455. The predicted molar refractivity (Wildman–Crippen MR) is 72.2 cm³/mol.